The number of nitrogens with zero attached hydrogens (tertiary/aromatic N) is 1. The third-order valence-electron chi connectivity index (χ3n) is 5.26. The molecule has 0 bridgehead atoms. The summed E-state index contributed by atoms with van der Waals surface area (Å²) in [5.41, 5.74) is 2.79. The van der Waals surface area contributed by atoms with Crippen LogP contribution in [0.5, 0.6) is 5.75 Å². The van der Waals surface area contributed by atoms with Crippen LogP contribution in [0.1, 0.15) is 0 Å². The van der Waals surface area contributed by atoms with E-state index in [1.807, 2.05) is 48.5 Å². The highest BCUT2D eigenvalue weighted by molar-refractivity contribution is 7.92. The van der Waals surface area contributed by atoms with Crippen molar-refractivity contribution < 1.29 is 17.9 Å². The number of carbonyl (C=O) groups excluding carboxylic acids is 1. The van der Waals surface area contributed by atoms with Gasteiger partial charge in [0, 0.05) is 11.3 Å². The maximum atomic E-state index is 13.5. The molecule has 0 unspecified atom stereocenters. The number of nitrogens with one attached hydrogen (secondary N) is 1. The molecule has 4 aromatic rings. The molecule has 0 aromatic heterocycles. The smallest absolute Gasteiger partial charge is 0.264 e. The van der Waals surface area contributed by atoms with Crippen molar-refractivity contribution in [3.05, 3.63) is 109 Å². The first-order valence-corrected chi connectivity index (χ1v) is 12.1. The van der Waals surface area contributed by atoms with Crippen LogP contribution in [0.25, 0.3) is 11.1 Å². The summed E-state index contributed by atoms with van der Waals surface area (Å²) in [5, 5.41) is 2.89. The lowest BCUT2D eigenvalue weighted by atomic mass is 10.0. The molecule has 172 valence electrons. The third kappa shape index (κ3) is 5.10. The Balaban J connectivity index is 1.64. The molecule has 34 heavy (non-hydrogen) atoms. The summed E-state index contributed by atoms with van der Waals surface area (Å²) in [6, 6.07) is 31.8. The third-order valence-corrected chi connectivity index (χ3v) is 7.05. The lowest BCUT2D eigenvalue weighted by molar-refractivity contribution is -0.114. The van der Waals surface area contributed by atoms with Gasteiger partial charge >= 0.3 is 0 Å². The predicted molar refractivity (Wildman–Crippen MR) is 134 cm³/mol. The minimum Gasteiger partial charge on any atom is -0.497 e. The molecule has 6 nitrogen and oxygen atoms in total. The first-order chi connectivity index (χ1) is 16.5. The Bertz CT molecular complexity index is 1360. The summed E-state index contributed by atoms with van der Waals surface area (Å²) < 4.78 is 33.3. The lowest BCUT2D eigenvalue weighted by Gasteiger charge is -2.24. The van der Waals surface area contributed by atoms with Crippen molar-refractivity contribution in [2.45, 2.75) is 4.90 Å². The van der Waals surface area contributed by atoms with Gasteiger partial charge in [0.15, 0.2) is 0 Å². The van der Waals surface area contributed by atoms with E-state index >= 15 is 0 Å². The number of hydrogen-bond acceptors (Lipinski definition) is 4. The van der Waals surface area contributed by atoms with E-state index in [9.17, 15) is 13.2 Å². The van der Waals surface area contributed by atoms with E-state index in [4.69, 9.17) is 4.74 Å². The monoisotopic (exact) mass is 472 g/mol. The molecule has 0 radical (unpaired) electrons. The predicted octanol–water partition coefficient (Wildman–Crippen LogP) is 5.20. The number of anilines is 2. The Morgan fingerprint density at radius 1 is 0.794 bits per heavy atom. The van der Waals surface area contributed by atoms with Crippen molar-refractivity contribution in [2.75, 3.05) is 23.3 Å². The summed E-state index contributed by atoms with van der Waals surface area (Å²) >= 11 is 0. The second kappa shape index (κ2) is 10.2. The number of amides is 1. The highest BCUT2D eigenvalue weighted by Crippen LogP contribution is 2.29. The van der Waals surface area contributed by atoms with Crippen molar-refractivity contribution in [3.8, 4) is 16.9 Å². The SMILES string of the molecule is COc1ccc(S(=O)(=O)N(CC(=O)Nc2ccccc2-c2ccccc2)c2ccccc2)cc1. The highest BCUT2D eigenvalue weighted by Gasteiger charge is 2.27. The summed E-state index contributed by atoms with van der Waals surface area (Å²) in [6.45, 7) is -0.387. The van der Waals surface area contributed by atoms with Crippen LogP contribution in [0, 0.1) is 0 Å². The number of hydrogen-bond donors (Lipinski definition) is 1. The van der Waals surface area contributed by atoms with Gasteiger partial charge in [-0.3, -0.25) is 9.10 Å². The van der Waals surface area contributed by atoms with Gasteiger partial charge in [-0.2, -0.15) is 0 Å². The summed E-state index contributed by atoms with van der Waals surface area (Å²) in [4.78, 5) is 13.2. The molecule has 1 amide bonds. The van der Waals surface area contributed by atoms with Crippen LogP contribution >= 0.6 is 0 Å². The van der Waals surface area contributed by atoms with E-state index in [1.165, 1.54) is 19.2 Å². The highest BCUT2D eigenvalue weighted by atomic mass is 32.2. The fourth-order valence-corrected chi connectivity index (χ4v) is 4.99. The Morgan fingerprint density at radius 2 is 1.38 bits per heavy atom. The number of ether oxygens (including phenoxy) is 1. The van der Waals surface area contributed by atoms with E-state index < -0.39 is 15.9 Å². The van der Waals surface area contributed by atoms with Crippen LogP contribution in [-0.4, -0.2) is 28.0 Å². The molecule has 4 aromatic carbocycles. The zero-order valence-electron chi connectivity index (χ0n) is 18.6. The quantitative estimate of drug-likeness (QED) is 0.383. The van der Waals surface area contributed by atoms with Gasteiger partial charge in [-0.25, -0.2) is 8.42 Å². The van der Waals surface area contributed by atoms with E-state index in [2.05, 4.69) is 5.32 Å². The molecular formula is C27H24N2O4S. The zero-order chi connectivity index (χ0) is 24.0. The lowest BCUT2D eigenvalue weighted by Crippen LogP contribution is -2.38. The number of para-hydroxylation sites is 2. The van der Waals surface area contributed by atoms with E-state index in [0.29, 0.717) is 17.1 Å². The molecule has 7 heteroatoms. The molecule has 0 fully saturated rings. The van der Waals surface area contributed by atoms with Crippen molar-refractivity contribution in [1.29, 1.82) is 0 Å². The molecular weight excluding hydrogens is 448 g/mol. The zero-order valence-corrected chi connectivity index (χ0v) is 19.4. The standard InChI is InChI=1S/C27H24N2O4S/c1-33-23-16-18-24(19-17-23)34(31,32)29(22-12-6-3-7-13-22)20-27(30)28-26-15-9-8-14-25(26)21-10-4-2-5-11-21/h2-19H,20H2,1H3,(H,28,30). The summed E-state index contributed by atoms with van der Waals surface area (Å²) in [6.07, 6.45) is 0. The van der Waals surface area contributed by atoms with Crippen LogP contribution in [0.4, 0.5) is 11.4 Å². The Labute approximate surface area is 199 Å². The average molecular weight is 473 g/mol. The molecule has 1 N–H and O–H groups in total. The summed E-state index contributed by atoms with van der Waals surface area (Å²) in [5.74, 6) is 0.0878. The number of rotatable bonds is 8. The molecule has 0 heterocycles. The van der Waals surface area contributed by atoms with Gasteiger partial charge in [0.25, 0.3) is 10.0 Å². The van der Waals surface area contributed by atoms with Crippen LogP contribution in [0.2, 0.25) is 0 Å². The number of methoxy groups -OCH3 is 1. The van der Waals surface area contributed by atoms with Gasteiger partial charge in [0.05, 0.1) is 17.7 Å². The minimum atomic E-state index is -4.01. The average Bonchev–Trinajstić information content (AvgIpc) is 2.88. The van der Waals surface area contributed by atoms with E-state index in [0.717, 1.165) is 15.4 Å². The molecule has 0 aliphatic carbocycles. The van der Waals surface area contributed by atoms with Crippen molar-refractivity contribution in [1.82, 2.24) is 0 Å². The van der Waals surface area contributed by atoms with Crippen molar-refractivity contribution >= 4 is 27.3 Å². The van der Waals surface area contributed by atoms with Crippen LogP contribution < -0.4 is 14.4 Å². The summed E-state index contributed by atoms with van der Waals surface area (Å²) in [7, 11) is -2.50. The molecule has 0 saturated carbocycles. The van der Waals surface area contributed by atoms with Crippen molar-refractivity contribution in [2.24, 2.45) is 0 Å². The van der Waals surface area contributed by atoms with Crippen LogP contribution in [0.15, 0.2) is 114 Å². The molecule has 4 rings (SSSR count). The molecule has 0 saturated heterocycles. The first kappa shape index (κ1) is 23.1. The van der Waals surface area contributed by atoms with Gasteiger partial charge in [0.1, 0.15) is 12.3 Å². The Kier molecular flexibility index (Phi) is 6.94. The Morgan fingerprint density at radius 3 is 2.03 bits per heavy atom. The second-order valence-corrected chi connectivity index (χ2v) is 9.34. The van der Waals surface area contributed by atoms with E-state index in [-0.39, 0.29) is 11.4 Å². The van der Waals surface area contributed by atoms with Gasteiger partial charge in [0.2, 0.25) is 5.91 Å². The maximum Gasteiger partial charge on any atom is 0.264 e. The van der Waals surface area contributed by atoms with Gasteiger partial charge in [-0.1, -0.05) is 66.7 Å². The largest absolute Gasteiger partial charge is 0.497 e. The molecule has 0 aliphatic rings. The van der Waals surface area contributed by atoms with Crippen LogP contribution in [-0.2, 0) is 14.8 Å². The first-order valence-electron chi connectivity index (χ1n) is 10.7. The maximum absolute atomic E-state index is 13.5. The fourth-order valence-electron chi connectivity index (χ4n) is 3.57. The number of sulfonamides is 1. The van der Waals surface area contributed by atoms with Gasteiger partial charge < -0.3 is 10.1 Å². The number of benzene rings is 4. The topological polar surface area (TPSA) is 75.7 Å². The Hall–Kier alpha value is -4.10. The second-order valence-electron chi connectivity index (χ2n) is 7.48. The van der Waals surface area contributed by atoms with Crippen molar-refractivity contribution in [3.63, 3.8) is 0 Å². The molecule has 0 atom stereocenters. The fraction of sp³-hybridized carbons (Fsp3) is 0.0741. The molecule has 0 aliphatic heterocycles. The van der Waals surface area contributed by atoms with Crippen LogP contribution in [0.3, 0.4) is 0 Å². The molecule has 0 spiro atoms. The minimum absolute atomic E-state index is 0.0645. The van der Waals surface area contributed by atoms with Gasteiger partial charge in [-0.05, 0) is 48.0 Å². The number of carbonyl (C=O) groups is 1. The van der Waals surface area contributed by atoms with E-state index in [1.54, 1.807) is 48.5 Å². The normalized spacial score (nSPS) is 11.0. The van der Waals surface area contributed by atoms with Gasteiger partial charge in [-0.15, -0.1) is 0 Å².